The lowest BCUT2D eigenvalue weighted by molar-refractivity contribution is 0.0951. The number of benzene rings is 4. The first-order valence-electron chi connectivity index (χ1n) is 13.7. The van der Waals surface area contributed by atoms with Gasteiger partial charge in [-0.2, -0.15) is 0 Å². The van der Waals surface area contributed by atoms with Crippen molar-refractivity contribution >= 4 is 16.8 Å². The summed E-state index contributed by atoms with van der Waals surface area (Å²) in [6, 6.07) is 27.7. The van der Waals surface area contributed by atoms with Crippen LogP contribution in [-0.4, -0.2) is 36.8 Å². The summed E-state index contributed by atoms with van der Waals surface area (Å²) >= 11 is 0. The van der Waals surface area contributed by atoms with E-state index in [0.717, 1.165) is 33.9 Å². The van der Waals surface area contributed by atoms with E-state index in [1.165, 1.54) is 0 Å². The second kappa shape index (κ2) is 14.7. The standard InChI is InChI=1S/C26H25N3O4.C8H11NO/c1-17-28-24-13-8-20(25(30)27-15-18-4-9-21(32-2)10-5-18)14-23(24)26(31)29(17)16-19-6-11-22(33-3)12-7-19;1-10-8-4-2-7(6-9)3-5-8/h4-14H,15-16H2,1-3H3,(H,27,30);2-5H,6,9H2,1H3. The summed E-state index contributed by atoms with van der Waals surface area (Å²) in [5, 5.41) is 3.30. The van der Waals surface area contributed by atoms with Crippen LogP contribution in [0.2, 0.25) is 0 Å². The van der Waals surface area contributed by atoms with Crippen molar-refractivity contribution in [1.29, 1.82) is 0 Å². The Kier molecular flexibility index (Phi) is 10.5. The van der Waals surface area contributed by atoms with E-state index >= 15 is 0 Å². The summed E-state index contributed by atoms with van der Waals surface area (Å²) in [4.78, 5) is 30.5. The molecule has 9 nitrogen and oxygen atoms in total. The molecule has 1 heterocycles. The molecule has 5 aromatic rings. The number of fused-ring (bicyclic) bond motifs is 1. The number of carbonyl (C=O) groups is 1. The van der Waals surface area contributed by atoms with Gasteiger partial charge >= 0.3 is 0 Å². The number of nitrogens with one attached hydrogen (secondary N) is 1. The molecule has 0 radical (unpaired) electrons. The highest BCUT2D eigenvalue weighted by Gasteiger charge is 2.13. The lowest BCUT2D eigenvalue weighted by Crippen LogP contribution is -2.26. The van der Waals surface area contributed by atoms with Crippen LogP contribution in [0.5, 0.6) is 17.2 Å². The summed E-state index contributed by atoms with van der Waals surface area (Å²) in [5.41, 5.74) is 9.22. The number of carbonyl (C=O) groups excluding carboxylic acids is 1. The van der Waals surface area contributed by atoms with Gasteiger partial charge in [0.05, 0.1) is 38.8 Å². The number of aryl methyl sites for hydroxylation is 1. The first-order valence-corrected chi connectivity index (χ1v) is 13.7. The van der Waals surface area contributed by atoms with Crippen LogP contribution in [0.25, 0.3) is 10.9 Å². The minimum absolute atomic E-state index is 0.182. The number of ether oxygens (including phenoxy) is 3. The minimum Gasteiger partial charge on any atom is -0.497 e. The zero-order valence-electron chi connectivity index (χ0n) is 24.8. The Morgan fingerprint density at radius 3 is 1.79 bits per heavy atom. The molecule has 0 bridgehead atoms. The maximum Gasteiger partial charge on any atom is 0.261 e. The van der Waals surface area contributed by atoms with Crippen LogP contribution in [0.1, 0.15) is 32.9 Å². The summed E-state index contributed by atoms with van der Waals surface area (Å²) in [7, 11) is 4.87. The van der Waals surface area contributed by atoms with Crippen LogP contribution >= 0.6 is 0 Å². The van der Waals surface area contributed by atoms with Crippen molar-refractivity contribution in [1.82, 2.24) is 14.9 Å². The van der Waals surface area contributed by atoms with Gasteiger partial charge in [-0.25, -0.2) is 4.98 Å². The van der Waals surface area contributed by atoms with E-state index in [9.17, 15) is 9.59 Å². The first-order chi connectivity index (χ1) is 20.8. The van der Waals surface area contributed by atoms with Gasteiger partial charge < -0.3 is 25.3 Å². The van der Waals surface area contributed by atoms with Gasteiger partial charge in [-0.1, -0.05) is 36.4 Å². The van der Waals surface area contributed by atoms with Crippen LogP contribution in [0.3, 0.4) is 0 Å². The molecule has 0 saturated carbocycles. The zero-order valence-corrected chi connectivity index (χ0v) is 24.8. The largest absolute Gasteiger partial charge is 0.497 e. The Labute approximate surface area is 250 Å². The summed E-state index contributed by atoms with van der Waals surface area (Å²) in [5.74, 6) is 2.74. The lowest BCUT2D eigenvalue weighted by Gasteiger charge is -2.12. The third kappa shape index (κ3) is 7.99. The van der Waals surface area contributed by atoms with Gasteiger partial charge in [-0.3, -0.25) is 14.2 Å². The zero-order chi connectivity index (χ0) is 30.8. The van der Waals surface area contributed by atoms with Crippen LogP contribution in [-0.2, 0) is 19.6 Å². The van der Waals surface area contributed by atoms with Crippen molar-refractivity contribution < 1.29 is 19.0 Å². The van der Waals surface area contributed by atoms with E-state index in [2.05, 4.69) is 10.3 Å². The normalized spacial score (nSPS) is 10.4. The average Bonchev–Trinajstić information content (AvgIpc) is 3.06. The summed E-state index contributed by atoms with van der Waals surface area (Å²) in [6.45, 7) is 3.14. The van der Waals surface area contributed by atoms with Gasteiger partial charge in [0, 0.05) is 18.7 Å². The highest BCUT2D eigenvalue weighted by atomic mass is 16.5. The van der Waals surface area contributed by atoms with Crippen molar-refractivity contribution in [2.75, 3.05) is 21.3 Å². The Morgan fingerprint density at radius 1 is 0.767 bits per heavy atom. The highest BCUT2D eigenvalue weighted by molar-refractivity contribution is 5.97. The number of nitrogens with two attached hydrogens (primary N) is 1. The van der Waals surface area contributed by atoms with Crippen LogP contribution in [0.15, 0.2) is 95.8 Å². The molecular weight excluding hydrogens is 544 g/mol. The number of aromatic nitrogens is 2. The molecular formula is C34H36N4O5. The predicted octanol–water partition coefficient (Wildman–Crippen LogP) is 4.85. The molecule has 0 saturated heterocycles. The molecule has 3 N–H and O–H groups in total. The van der Waals surface area contributed by atoms with Gasteiger partial charge in [0.2, 0.25) is 0 Å². The van der Waals surface area contributed by atoms with Crippen LogP contribution in [0.4, 0.5) is 0 Å². The summed E-state index contributed by atoms with van der Waals surface area (Å²) in [6.07, 6.45) is 0. The maximum absolute atomic E-state index is 13.2. The molecule has 0 aliphatic rings. The Morgan fingerprint density at radius 2 is 1.28 bits per heavy atom. The first kappa shape index (κ1) is 30.8. The number of hydrogen-bond acceptors (Lipinski definition) is 7. The fourth-order valence-electron chi connectivity index (χ4n) is 4.36. The van der Waals surface area contributed by atoms with Gasteiger partial charge in [0.25, 0.3) is 11.5 Å². The topological polar surface area (TPSA) is 118 Å². The van der Waals surface area contributed by atoms with Gasteiger partial charge in [0.1, 0.15) is 23.1 Å². The average molecular weight is 581 g/mol. The molecule has 0 atom stereocenters. The third-order valence-electron chi connectivity index (χ3n) is 6.91. The highest BCUT2D eigenvalue weighted by Crippen LogP contribution is 2.16. The van der Waals surface area contributed by atoms with Crippen molar-refractivity contribution in [2.24, 2.45) is 5.73 Å². The van der Waals surface area contributed by atoms with Crippen molar-refractivity contribution in [3.8, 4) is 17.2 Å². The number of rotatable bonds is 9. The van der Waals surface area contributed by atoms with Gasteiger partial charge in [-0.05, 0) is 78.2 Å². The maximum atomic E-state index is 13.2. The van der Waals surface area contributed by atoms with E-state index in [0.29, 0.717) is 41.9 Å². The second-order valence-corrected chi connectivity index (χ2v) is 9.71. The number of methoxy groups -OCH3 is 3. The molecule has 4 aromatic carbocycles. The molecule has 1 aromatic heterocycles. The molecule has 1 amide bonds. The quantitative estimate of drug-likeness (QED) is 0.256. The fourth-order valence-corrected chi connectivity index (χ4v) is 4.36. The number of nitrogens with zero attached hydrogens (tertiary/aromatic N) is 2. The monoisotopic (exact) mass is 580 g/mol. The lowest BCUT2D eigenvalue weighted by atomic mass is 10.1. The molecule has 222 valence electrons. The molecule has 0 fully saturated rings. The number of amides is 1. The van der Waals surface area contributed by atoms with E-state index < -0.39 is 0 Å². The summed E-state index contributed by atoms with van der Waals surface area (Å²) < 4.78 is 16.9. The molecule has 0 unspecified atom stereocenters. The fraction of sp³-hybridized carbons (Fsp3) is 0.206. The van der Waals surface area contributed by atoms with Crippen LogP contribution < -0.4 is 30.8 Å². The SMILES string of the molecule is COc1ccc(CN)cc1.COc1ccc(CNC(=O)c2ccc3nc(C)n(Cc4ccc(OC)cc4)c(=O)c3c2)cc1. The Hall–Kier alpha value is -5.15. The molecule has 5 rings (SSSR count). The molecule has 9 heteroatoms. The van der Waals surface area contributed by atoms with Crippen LogP contribution in [0, 0.1) is 6.92 Å². The van der Waals surface area contributed by atoms with Crippen molar-refractivity contribution in [3.05, 3.63) is 129 Å². The van der Waals surface area contributed by atoms with Gasteiger partial charge in [-0.15, -0.1) is 0 Å². The Balaban J connectivity index is 0.000000359. The van der Waals surface area contributed by atoms with E-state index in [4.69, 9.17) is 19.9 Å². The smallest absolute Gasteiger partial charge is 0.261 e. The Bertz CT molecular complexity index is 1690. The van der Waals surface area contributed by atoms with E-state index in [1.807, 2.05) is 72.8 Å². The third-order valence-corrected chi connectivity index (χ3v) is 6.91. The minimum atomic E-state index is -0.255. The molecule has 0 aliphatic carbocycles. The van der Waals surface area contributed by atoms with E-state index in [-0.39, 0.29) is 11.5 Å². The van der Waals surface area contributed by atoms with Crippen molar-refractivity contribution in [2.45, 2.75) is 26.6 Å². The van der Waals surface area contributed by atoms with Gasteiger partial charge in [0.15, 0.2) is 0 Å². The molecule has 0 aliphatic heterocycles. The predicted molar refractivity (Wildman–Crippen MR) is 168 cm³/mol. The molecule has 0 spiro atoms. The molecule has 43 heavy (non-hydrogen) atoms. The second-order valence-electron chi connectivity index (χ2n) is 9.71. The van der Waals surface area contributed by atoms with Crippen molar-refractivity contribution in [3.63, 3.8) is 0 Å². The van der Waals surface area contributed by atoms with E-state index in [1.54, 1.807) is 51.0 Å². The number of hydrogen-bond donors (Lipinski definition) is 2.